The molecule has 5 aliphatic carbocycles. The molecule has 11 rings (SSSR count). The van der Waals surface area contributed by atoms with E-state index in [4.69, 9.17) is 72.2 Å². The molecule has 0 spiro atoms. The number of aliphatic hydroxyl groups is 5. The maximum Gasteiger partial charge on any atom is 1.00 e. The number of carbonyl (C=O) groups is 4. The number of rotatable bonds is 8. The third-order valence-corrected chi connectivity index (χ3v) is 19.8. The summed E-state index contributed by atoms with van der Waals surface area (Å²) in [4.78, 5) is 49.5. The first-order valence-corrected chi connectivity index (χ1v) is 34.3. The van der Waals surface area contributed by atoms with Gasteiger partial charge in [-0.15, -0.1) is 0 Å². The molecule has 0 aromatic carbocycles. The first kappa shape index (κ1) is 87.7. The molecular weight excluding hydrogens is 1240 g/mol. The number of hydrogen-bond donors (Lipinski definition) is 5. The zero-order valence-electron chi connectivity index (χ0n) is 63.7. The third kappa shape index (κ3) is 21.5. The van der Waals surface area contributed by atoms with Gasteiger partial charge in [0, 0.05) is 69.5 Å². The molecular formula is C71H129AlLiNO21. The van der Waals surface area contributed by atoms with Crippen molar-refractivity contribution in [3.05, 3.63) is 0 Å². The number of ether oxygens (including phenoxy) is 12. The molecule has 0 unspecified atom stereocenters. The van der Waals surface area contributed by atoms with Crippen molar-refractivity contribution in [2.24, 2.45) is 40.5 Å². The van der Waals surface area contributed by atoms with Gasteiger partial charge < -0.3 is 83.8 Å². The number of nitrogens with zero attached hydrogens (tertiary/aromatic N) is 1. The fraction of sp³-hybridized carbons (Fsp3) is 0.930. The van der Waals surface area contributed by atoms with Gasteiger partial charge in [-0.2, -0.15) is 0 Å². The summed E-state index contributed by atoms with van der Waals surface area (Å²) in [5, 5.41) is 45.5. The van der Waals surface area contributed by atoms with Gasteiger partial charge in [0.15, 0.2) is 63.5 Å². The molecule has 0 aromatic heterocycles. The molecule has 0 bridgehead atoms. The van der Waals surface area contributed by atoms with Gasteiger partial charge in [-0.1, -0.05) is 33.6 Å². The normalized spacial score (nSPS) is 40.9. The smallest absolute Gasteiger partial charge is 1.00 e. The first-order chi connectivity index (χ1) is 42.2. The fourth-order valence-electron chi connectivity index (χ4n) is 16.0. The minimum absolute atomic E-state index is 0. The van der Waals surface area contributed by atoms with E-state index >= 15 is 0 Å². The van der Waals surface area contributed by atoms with Crippen LogP contribution in [0.1, 0.15) is 252 Å². The van der Waals surface area contributed by atoms with Crippen LogP contribution in [-0.4, -0.2) is 209 Å². The zero-order valence-corrected chi connectivity index (χ0v) is 62.7. The number of Topliss-reactive ketones (excluding diaryl/α,β-unsaturated/α-hetero) is 2. The molecule has 5 saturated carbocycles. The van der Waals surface area contributed by atoms with E-state index in [1.807, 2.05) is 110 Å². The van der Waals surface area contributed by atoms with E-state index in [-0.39, 0.29) is 164 Å². The van der Waals surface area contributed by atoms with E-state index in [0.29, 0.717) is 30.8 Å². The van der Waals surface area contributed by atoms with Gasteiger partial charge >= 0.3 is 30.8 Å². The van der Waals surface area contributed by atoms with E-state index in [1.54, 1.807) is 20.8 Å². The number of esters is 2. The van der Waals surface area contributed by atoms with Crippen LogP contribution in [0.25, 0.3) is 0 Å². The molecule has 19 atom stereocenters. The van der Waals surface area contributed by atoms with Crippen LogP contribution in [0, 0.1) is 35.5 Å². The van der Waals surface area contributed by atoms with Crippen molar-refractivity contribution in [1.82, 2.24) is 0 Å². The molecule has 0 aromatic rings. The van der Waals surface area contributed by atoms with Crippen molar-refractivity contribution in [2.45, 2.75) is 367 Å². The SMILES string of the molecule is CC(=O)OC(C)(C)C.CC1(C)O[C@@H]2[C@@H](CO)CC(=O)[C@]2(C)O1.CC1(C)O[C@@H]2[C@@H](CO)CC[C@]2(C)O1.CC[C@H]1CC[C@]2(C)OC(C)(C)O[C@H]12.CC[C@H]1C[C@@H](CC(=O)OC(C)(C)C)[C@]2(C)OC(C)(C)O[C@H]12.CC[C@H]1N=C[C@]2(C)OC(C)(C)O[C@H]12.C[C@]1(O)C(=O)C[C@H](CO)[C@H]1O.[AlH3].[H-].[Li+]. The summed E-state index contributed by atoms with van der Waals surface area (Å²) in [5.74, 6) is -2.38. The summed E-state index contributed by atoms with van der Waals surface area (Å²) in [7, 11) is 0. The van der Waals surface area contributed by atoms with Crippen LogP contribution in [0.2, 0.25) is 0 Å². The quantitative estimate of drug-likeness (QED) is 0.140. The van der Waals surface area contributed by atoms with Crippen LogP contribution in [0.4, 0.5) is 0 Å². The Bertz CT molecular complexity index is 2550. The van der Waals surface area contributed by atoms with Crippen LogP contribution in [0.3, 0.4) is 0 Å². The number of aliphatic hydroxyl groups excluding tert-OH is 4. The first-order valence-electron chi connectivity index (χ1n) is 34.3. The average molecular weight is 1370 g/mol. The summed E-state index contributed by atoms with van der Waals surface area (Å²) < 4.78 is 69.1. The predicted octanol–water partition coefficient (Wildman–Crippen LogP) is 5.89. The van der Waals surface area contributed by atoms with Crippen molar-refractivity contribution in [3.63, 3.8) is 0 Å². The number of fused-ring (bicyclic) bond motifs is 5. The Morgan fingerprint density at radius 3 is 1.40 bits per heavy atom. The second-order valence-electron chi connectivity index (χ2n) is 33.1. The average Bonchev–Trinajstić information content (AvgIpc) is 1.60. The van der Waals surface area contributed by atoms with Crippen LogP contribution in [0.15, 0.2) is 4.99 Å². The molecule has 22 nitrogen and oxygen atoms in total. The summed E-state index contributed by atoms with van der Waals surface area (Å²) >= 11 is 0. The molecule has 5 saturated heterocycles. The number of carbonyl (C=O) groups excluding carboxylic acids is 4. The molecule has 95 heavy (non-hydrogen) atoms. The van der Waals surface area contributed by atoms with E-state index < -0.39 is 57.8 Å². The fourth-order valence-corrected chi connectivity index (χ4v) is 16.0. The minimum Gasteiger partial charge on any atom is -1.00 e. The summed E-state index contributed by atoms with van der Waals surface area (Å²) in [5.41, 5.74) is -4.14. The van der Waals surface area contributed by atoms with E-state index in [0.717, 1.165) is 38.5 Å². The molecule has 548 valence electrons. The molecule has 11 aliphatic rings. The monoisotopic (exact) mass is 1370 g/mol. The van der Waals surface area contributed by atoms with E-state index in [9.17, 15) is 29.4 Å². The molecule has 0 radical (unpaired) electrons. The van der Waals surface area contributed by atoms with Gasteiger partial charge in [-0.3, -0.25) is 24.2 Å². The Morgan fingerprint density at radius 1 is 0.558 bits per heavy atom. The van der Waals surface area contributed by atoms with Crippen molar-refractivity contribution >= 4 is 47.1 Å². The third-order valence-electron chi connectivity index (χ3n) is 19.8. The Labute approximate surface area is 593 Å². The zero-order chi connectivity index (χ0) is 71.1. The van der Waals surface area contributed by atoms with Gasteiger partial charge in [0.25, 0.3) is 0 Å². The van der Waals surface area contributed by atoms with Crippen LogP contribution in [-0.2, 0) is 76.0 Å². The predicted molar refractivity (Wildman–Crippen MR) is 360 cm³/mol. The Morgan fingerprint density at radius 2 is 0.979 bits per heavy atom. The molecule has 6 heterocycles. The summed E-state index contributed by atoms with van der Waals surface area (Å²) in [6, 6.07) is 0.270. The topological polar surface area (TPSA) is 293 Å². The standard InChI is InChI=1S/C17H30O4.C11H20O2.C10H17NO2.C10H16O4.C10H18O3.C7H12O4.C6H12O2.Al.Li.4H/c1-8-11-9-12(10-13(18)19-15(2,3)4)17(7)14(11)20-16(5,6)21-17;1-5-8-6-7-11(4)9(8)12-10(2,3)13-11;1-5-7-8-10(4,6-11-7)13-9(2,3)12-8;1-9(2)13-8-6(5-11)4-7(12)10(8,3)14-9;1-9(2)12-8-7(6-11)4-5-10(8,3)13-9;1-7(11)5(9)2-4(3-8)6(7)10;1-5(7)8-6(2,3)4;;;;;;/h11-12,14H,8-10H2,1-7H3;8-9H,5-7H2,1-4H3;6-8H,5H2,1-4H3;6,8,11H,4-5H2,1-3H3;7-8,11H,4-6H2,1-3H3;4,6,8,10-11H,2-3H2,1H3;1-4H3;;;;;;/q;;;;;;;;+1;;;;-1/t11-,12-,14+,17-;8-,9+,11-;7-,8-,10+;6-,8-,10+;7-,8-,10+;4-,6-,7+;;;;;;;/m001111......./s1. The molecule has 6 aliphatic heterocycles. The van der Waals surface area contributed by atoms with Crippen molar-refractivity contribution in [3.8, 4) is 0 Å². The van der Waals surface area contributed by atoms with Gasteiger partial charge in [0.1, 0.15) is 34.6 Å². The summed E-state index contributed by atoms with van der Waals surface area (Å²) in [6.07, 6.45) is 10.5. The van der Waals surface area contributed by atoms with Crippen LogP contribution >= 0.6 is 0 Å². The largest absolute Gasteiger partial charge is 1.00 e. The van der Waals surface area contributed by atoms with Gasteiger partial charge in [0.2, 0.25) is 0 Å². The van der Waals surface area contributed by atoms with E-state index in [2.05, 4.69) is 46.5 Å². The maximum atomic E-state index is 12.2. The van der Waals surface area contributed by atoms with Gasteiger partial charge in [-0.25, -0.2) is 0 Å². The number of ketones is 2. The molecule has 10 fully saturated rings. The van der Waals surface area contributed by atoms with Crippen molar-refractivity contribution in [1.29, 1.82) is 0 Å². The molecule has 5 N–H and O–H groups in total. The van der Waals surface area contributed by atoms with E-state index in [1.165, 1.54) is 26.7 Å². The van der Waals surface area contributed by atoms with Gasteiger partial charge in [0.05, 0.1) is 53.7 Å². The van der Waals surface area contributed by atoms with Crippen LogP contribution in [0.5, 0.6) is 0 Å². The maximum absolute atomic E-state index is 12.2. The summed E-state index contributed by atoms with van der Waals surface area (Å²) in [6.45, 7) is 49.9. The second kappa shape index (κ2) is 32.0. The van der Waals surface area contributed by atoms with Crippen LogP contribution < -0.4 is 18.9 Å². The molecule has 24 heteroatoms. The Kier molecular flexibility index (Phi) is 29.6. The van der Waals surface area contributed by atoms with Gasteiger partial charge in [-0.05, 0) is 203 Å². The minimum atomic E-state index is -1.66. The Balaban J connectivity index is 0.000000385. The molecule has 0 amide bonds. The number of aliphatic imine (C=N–C) groups is 1. The van der Waals surface area contributed by atoms with Crippen molar-refractivity contribution < 1.29 is 122 Å². The Hall–Kier alpha value is -1.52. The van der Waals surface area contributed by atoms with Crippen molar-refractivity contribution in [2.75, 3.05) is 19.8 Å². The second-order valence-corrected chi connectivity index (χ2v) is 33.1. The number of hydrogen-bond acceptors (Lipinski definition) is 22.